The van der Waals surface area contributed by atoms with Crippen molar-refractivity contribution >= 4 is 23.1 Å². The molecule has 2 rings (SSSR count). The summed E-state index contributed by atoms with van der Waals surface area (Å²) in [5, 5.41) is 12.7. The number of aliphatic hydroxyl groups excluding tert-OH is 1. The van der Waals surface area contributed by atoms with Crippen molar-refractivity contribution in [2.24, 2.45) is 11.8 Å². The molecular formula is C11H17ClN4O. The summed E-state index contributed by atoms with van der Waals surface area (Å²) in [6.45, 7) is 1.02. The highest BCUT2D eigenvalue weighted by Crippen LogP contribution is 2.32. The molecule has 1 aliphatic carbocycles. The molecule has 17 heavy (non-hydrogen) atoms. The van der Waals surface area contributed by atoms with Crippen LogP contribution >= 0.6 is 11.6 Å². The topological polar surface area (TPSA) is 84.1 Å². The molecule has 0 saturated heterocycles. The van der Waals surface area contributed by atoms with Crippen LogP contribution in [0.3, 0.4) is 0 Å². The van der Waals surface area contributed by atoms with Gasteiger partial charge in [-0.2, -0.15) is 0 Å². The largest absolute Gasteiger partial charge is 0.396 e. The van der Waals surface area contributed by atoms with Gasteiger partial charge in [-0.05, 0) is 24.7 Å². The van der Waals surface area contributed by atoms with Crippen molar-refractivity contribution in [1.82, 2.24) is 9.97 Å². The standard InChI is InChI=1S/C11H17ClN4O/c12-10-9(13)11(16-6-15-10)14-4-7-2-1-3-8(7)5-17/h6-8,17H,1-5,13H2,(H,14,15,16)/t7-,8-/m1/s1. The van der Waals surface area contributed by atoms with Crippen molar-refractivity contribution in [3.63, 3.8) is 0 Å². The first-order valence-corrected chi connectivity index (χ1v) is 6.21. The van der Waals surface area contributed by atoms with Crippen molar-refractivity contribution in [1.29, 1.82) is 0 Å². The number of hydrogen-bond acceptors (Lipinski definition) is 5. The maximum absolute atomic E-state index is 9.23. The Morgan fingerprint density at radius 3 is 2.94 bits per heavy atom. The molecular weight excluding hydrogens is 240 g/mol. The van der Waals surface area contributed by atoms with E-state index in [2.05, 4.69) is 15.3 Å². The summed E-state index contributed by atoms with van der Waals surface area (Å²) in [5.74, 6) is 1.45. The van der Waals surface area contributed by atoms with E-state index in [9.17, 15) is 5.11 Å². The van der Waals surface area contributed by atoms with Gasteiger partial charge in [-0.15, -0.1) is 0 Å². The molecule has 4 N–H and O–H groups in total. The Bertz CT molecular complexity index is 388. The minimum atomic E-state index is 0.256. The van der Waals surface area contributed by atoms with Crippen LogP contribution in [0.25, 0.3) is 0 Å². The van der Waals surface area contributed by atoms with E-state index in [0.717, 1.165) is 19.4 Å². The number of nitrogens with zero attached hydrogens (tertiary/aromatic N) is 2. The number of rotatable bonds is 4. The van der Waals surface area contributed by atoms with Crippen LogP contribution < -0.4 is 11.1 Å². The van der Waals surface area contributed by atoms with Crippen LogP contribution in [-0.4, -0.2) is 28.2 Å². The highest BCUT2D eigenvalue weighted by atomic mass is 35.5. The predicted molar refractivity (Wildman–Crippen MR) is 67.9 cm³/mol. The second-order valence-corrected chi connectivity index (χ2v) is 4.80. The first-order valence-electron chi connectivity index (χ1n) is 5.83. The highest BCUT2D eigenvalue weighted by Gasteiger charge is 2.26. The van der Waals surface area contributed by atoms with Crippen molar-refractivity contribution in [2.75, 3.05) is 24.2 Å². The summed E-state index contributed by atoms with van der Waals surface area (Å²) < 4.78 is 0. The number of halogens is 1. The number of aliphatic hydroxyl groups is 1. The molecule has 0 unspecified atom stereocenters. The zero-order valence-corrected chi connectivity index (χ0v) is 10.3. The first kappa shape index (κ1) is 12.4. The minimum absolute atomic E-state index is 0.256. The Labute approximate surface area is 105 Å². The molecule has 0 bridgehead atoms. The second-order valence-electron chi connectivity index (χ2n) is 4.44. The Kier molecular flexibility index (Phi) is 4.02. The van der Waals surface area contributed by atoms with Crippen molar-refractivity contribution in [3.8, 4) is 0 Å². The average Bonchev–Trinajstić information content (AvgIpc) is 2.78. The lowest BCUT2D eigenvalue weighted by molar-refractivity contribution is 0.199. The number of nitrogens with one attached hydrogen (secondary N) is 1. The van der Waals surface area contributed by atoms with Crippen LogP contribution in [0.5, 0.6) is 0 Å². The van der Waals surface area contributed by atoms with Gasteiger partial charge in [0, 0.05) is 13.2 Å². The van der Waals surface area contributed by atoms with Crippen LogP contribution in [0.4, 0.5) is 11.5 Å². The highest BCUT2D eigenvalue weighted by molar-refractivity contribution is 6.32. The van der Waals surface area contributed by atoms with Crippen LogP contribution in [0, 0.1) is 11.8 Å². The molecule has 94 valence electrons. The van der Waals surface area contributed by atoms with Crippen LogP contribution in [0.1, 0.15) is 19.3 Å². The van der Waals surface area contributed by atoms with Gasteiger partial charge in [0.1, 0.15) is 12.0 Å². The van der Waals surface area contributed by atoms with Gasteiger partial charge < -0.3 is 16.2 Å². The first-order chi connectivity index (χ1) is 8.22. The van der Waals surface area contributed by atoms with Gasteiger partial charge in [-0.1, -0.05) is 18.0 Å². The fraction of sp³-hybridized carbons (Fsp3) is 0.636. The SMILES string of the molecule is Nc1c(Cl)ncnc1NC[C@H]1CCC[C@@H]1CO. The third-order valence-corrected chi connectivity index (χ3v) is 3.72. The fourth-order valence-electron chi connectivity index (χ4n) is 2.37. The molecule has 1 aliphatic rings. The molecule has 1 fully saturated rings. The van der Waals surface area contributed by atoms with Gasteiger partial charge >= 0.3 is 0 Å². The summed E-state index contributed by atoms with van der Waals surface area (Å²) in [6.07, 6.45) is 4.80. The maximum atomic E-state index is 9.23. The summed E-state index contributed by atoms with van der Waals surface area (Å²) >= 11 is 5.81. The molecule has 2 atom stereocenters. The van der Waals surface area contributed by atoms with E-state index < -0.39 is 0 Å². The Balaban J connectivity index is 1.95. The summed E-state index contributed by atoms with van der Waals surface area (Å²) in [6, 6.07) is 0. The van der Waals surface area contributed by atoms with Gasteiger partial charge in [0.05, 0.1) is 0 Å². The molecule has 0 aliphatic heterocycles. The van der Waals surface area contributed by atoms with E-state index >= 15 is 0 Å². The van der Waals surface area contributed by atoms with E-state index in [-0.39, 0.29) is 11.8 Å². The van der Waals surface area contributed by atoms with E-state index in [0.29, 0.717) is 23.3 Å². The molecule has 6 heteroatoms. The lowest BCUT2D eigenvalue weighted by atomic mass is 9.97. The number of hydrogen-bond donors (Lipinski definition) is 3. The smallest absolute Gasteiger partial charge is 0.157 e. The molecule has 5 nitrogen and oxygen atoms in total. The molecule has 1 saturated carbocycles. The Hall–Kier alpha value is -1.07. The normalized spacial score (nSPS) is 23.9. The minimum Gasteiger partial charge on any atom is -0.396 e. The second kappa shape index (κ2) is 5.51. The predicted octanol–water partition coefficient (Wildman–Crippen LogP) is 1.53. The van der Waals surface area contributed by atoms with Crippen molar-refractivity contribution in [3.05, 3.63) is 11.5 Å². The molecule has 1 aromatic heterocycles. The number of nitrogens with two attached hydrogens (primary N) is 1. The van der Waals surface area contributed by atoms with Crippen LogP contribution in [0.15, 0.2) is 6.33 Å². The third kappa shape index (κ3) is 2.79. The van der Waals surface area contributed by atoms with E-state index in [1.165, 1.54) is 12.7 Å². The zero-order valence-electron chi connectivity index (χ0n) is 9.56. The quantitative estimate of drug-likeness (QED) is 0.712. The molecule has 0 spiro atoms. The van der Waals surface area contributed by atoms with Gasteiger partial charge in [0.25, 0.3) is 0 Å². The molecule has 1 aromatic rings. The van der Waals surface area contributed by atoms with Crippen LogP contribution in [-0.2, 0) is 0 Å². The summed E-state index contributed by atoms with van der Waals surface area (Å²) in [7, 11) is 0. The molecule has 0 radical (unpaired) electrons. The number of anilines is 2. The van der Waals surface area contributed by atoms with Gasteiger partial charge in [-0.3, -0.25) is 0 Å². The molecule has 1 heterocycles. The summed E-state index contributed by atoms with van der Waals surface area (Å²) in [5.41, 5.74) is 6.15. The lowest BCUT2D eigenvalue weighted by Crippen LogP contribution is -2.21. The molecule has 0 aromatic carbocycles. The van der Waals surface area contributed by atoms with E-state index in [4.69, 9.17) is 17.3 Å². The van der Waals surface area contributed by atoms with Gasteiger partial charge in [0.15, 0.2) is 11.0 Å². The summed E-state index contributed by atoms with van der Waals surface area (Å²) in [4.78, 5) is 7.86. The number of aromatic nitrogens is 2. The van der Waals surface area contributed by atoms with Crippen molar-refractivity contribution < 1.29 is 5.11 Å². The third-order valence-electron chi connectivity index (χ3n) is 3.42. The maximum Gasteiger partial charge on any atom is 0.157 e. The van der Waals surface area contributed by atoms with E-state index in [1.807, 2.05) is 0 Å². The van der Waals surface area contributed by atoms with Crippen LogP contribution in [0.2, 0.25) is 5.15 Å². The zero-order chi connectivity index (χ0) is 12.3. The van der Waals surface area contributed by atoms with E-state index in [1.54, 1.807) is 0 Å². The molecule has 0 amide bonds. The average molecular weight is 257 g/mol. The van der Waals surface area contributed by atoms with Crippen molar-refractivity contribution in [2.45, 2.75) is 19.3 Å². The van der Waals surface area contributed by atoms with Gasteiger partial charge in [-0.25, -0.2) is 9.97 Å². The Morgan fingerprint density at radius 2 is 2.18 bits per heavy atom. The lowest BCUT2D eigenvalue weighted by Gasteiger charge is -2.18. The monoisotopic (exact) mass is 256 g/mol. The fourth-order valence-corrected chi connectivity index (χ4v) is 2.50. The number of nitrogen functional groups attached to an aromatic ring is 1. The Morgan fingerprint density at radius 1 is 1.41 bits per heavy atom. The van der Waals surface area contributed by atoms with Gasteiger partial charge in [0.2, 0.25) is 0 Å².